The van der Waals surface area contributed by atoms with Crippen molar-refractivity contribution in [1.82, 2.24) is 14.7 Å². The van der Waals surface area contributed by atoms with E-state index in [0.717, 1.165) is 24.7 Å². The van der Waals surface area contributed by atoms with Crippen LogP contribution in [0.4, 0.5) is 0 Å². The van der Waals surface area contributed by atoms with Crippen molar-refractivity contribution in [2.45, 2.75) is 68.6 Å². The van der Waals surface area contributed by atoms with Crippen LogP contribution in [-0.4, -0.2) is 78.1 Å². The predicted octanol–water partition coefficient (Wildman–Crippen LogP) is 1.11. The Labute approximate surface area is 129 Å². The molecule has 0 radical (unpaired) electrons. The second kappa shape index (κ2) is 5.48. The van der Waals surface area contributed by atoms with Gasteiger partial charge in [0, 0.05) is 49.8 Å². The van der Waals surface area contributed by atoms with E-state index in [4.69, 9.17) is 5.73 Å². The van der Waals surface area contributed by atoms with Gasteiger partial charge in [0.2, 0.25) is 0 Å². The Kier molecular flexibility index (Phi) is 3.77. The summed E-state index contributed by atoms with van der Waals surface area (Å²) in [5.41, 5.74) is 6.67. The molecule has 4 heterocycles. The maximum atomic E-state index is 6.36. The van der Waals surface area contributed by atoms with Crippen LogP contribution in [0.1, 0.15) is 44.9 Å². The number of nitrogens with two attached hydrogens (primary N) is 1. The standard InChI is InChI=1S/C17H32N4/c1-19-14-5-6-15(19)11-17(10-14,13-18)21-9-8-20-7-3-2-4-16(20)12-21/h14-16H,2-13,18H2,1H3. The number of nitrogens with zero attached hydrogens (tertiary/aromatic N) is 3. The van der Waals surface area contributed by atoms with E-state index in [9.17, 15) is 0 Å². The Morgan fingerprint density at radius 1 is 0.952 bits per heavy atom. The Morgan fingerprint density at radius 2 is 1.71 bits per heavy atom. The van der Waals surface area contributed by atoms with Gasteiger partial charge in [-0.1, -0.05) is 6.42 Å². The van der Waals surface area contributed by atoms with Crippen LogP contribution < -0.4 is 5.73 Å². The molecule has 0 saturated carbocycles. The Morgan fingerprint density at radius 3 is 2.43 bits per heavy atom. The summed E-state index contributed by atoms with van der Waals surface area (Å²) in [4.78, 5) is 8.20. The number of fused-ring (bicyclic) bond motifs is 3. The minimum absolute atomic E-state index is 0.307. The Bertz CT molecular complexity index is 371. The zero-order chi connectivity index (χ0) is 14.4. The summed E-state index contributed by atoms with van der Waals surface area (Å²) in [5, 5.41) is 0. The number of hydrogen-bond donors (Lipinski definition) is 1. The van der Waals surface area contributed by atoms with Crippen LogP contribution >= 0.6 is 0 Å². The second-order valence-corrected chi connectivity index (χ2v) is 8.02. The molecule has 120 valence electrons. The van der Waals surface area contributed by atoms with Crippen LogP contribution in [0.2, 0.25) is 0 Å². The molecular weight excluding hydrogens is 260 g/mol. The molecule has 3 unspecified atom stereocenters. The zero-order valence-electron chi connectivity index (χ0n) is 13.6. The summed E-state index contributed by atoms with van der Waals surface area (Å²) in [6.45, 7) is 6.00. The Balaban J connectivity index is 1.51. The summed E-state index contributed by atoms with van der Waals surface area (Å²) >= 11 is 0. The third kappa shape index (κ3) is 2.35. The van der Waals surface area contributed by atoms with Crippen LogP contribution in [-0.2, 0) is 0 Å². The van der Waals surface area contributed by atoms with E-state index in [1.807, 2.05) is 0 Å². The van der Waals surface area contributed by atoms with Gasteiger partial charge in [-0.15, -0.1) is 0 Å². The molecule has 4 rings (SSSR count). The van der Waals surface area contributed by atoms with Gasteiger partial charge in [-0.25, -0.2) is 0 Å². The van der Waals surface area contributed by atoms with Crippen molar-refractivity contribution in [2.24, 2.45) is 5.73 Å². The summed E-state index contributed by atoms with van der Waals surface area (Å²) in [6, 6.07) is 2.39. The molecule has 4 fully saturated rings. The van der Waals surface area contributed by atoms with E-state index >= 15 is 0 Å². The SMILES string of the molecule is CN1C2CCC1CC(CN)(N1CCN3CCCCC3C1)C2. The molecule has 0 aromatic carbocycles. The van der Waals surface area contributed by atoms with Crippen molar-refractivity contribution < 1.29 is 0 Å². The summed E-state index contributed by atoms with van der Waals surface area (Å²) < 4.78 is 0. The van der Waals surface area contributed by atoms with E-state index < -0.39 is 0 Å². The van der Waals surface area contributed by atoms with Crippen LogP contribution in [0.25, 0.3) is 0 Å². The molecule has 2 bridgehead atoms. The fourth-order valence-electron chi connectivity index (χ4n) is 5.68. The van der Waals surface area contributed by atoms with Gasteiger partial charge in [-0.3, -0.25) is 9.80 Å². The quantitative estimate of drug-likeness (QED) is 0.827. The molecule has 2 N–H and O–H groups in total. The smallest absolute Gasteiger partial charge is 0.0362 e. The van der Waals surface area contributed by atoms with Crippen LogP contribution in [0, 0.1) is 0 Å². The third-order valence-electron chi connectivity index (χ3n) is 7.10. The zero-order valence-corrected chi connectivity index (χ0v) is 13.6. The molecule has 4 aliphatic rings. The van der Waals surface area contributed by atoms with Crippen LogP contribution in [0.5, 0.6) is 0 Å². The molecule has 4 saturated heterocycles. The first kappa shape index (κ1) is 14.4. The molecule has 0 aromatic rings. The molecule has 0 aliphatic carbocycles. The van der Waals surface area contributed by atoms with Crippen LogP contribution in [0.15, 0.2) is 0 Å². The summed E-state index contributed by atoms with van der Waals surface area (Å²) in [5.74, 6) is 0. The maximum absolute atomic E-state index is 6.36. The maximum Gasteiger partial charge on any atom is 0.0362 e. The van der Waals surface area contributed by atoms with Gasteiger partial charge < -0.3 is 10.6 Å². The van der Waals surface area contributed by atoms with Crippen molar-refractivity contribution >= 4 is 0 Å². The van der Waals surface area contributed by atoms with E-state index in [1.54, 1.807) is 0 Å². The van der Waals surface area contributed by atoms with Gasteiger partial charge in [0.1, 0.15) is 0 Å². The molecule has 0 amide bonds. The topological polar surface area (TPSA) is 35.7 Å². The van der Waals surface area contributed by atoms with E-state index in [2.05, 4.69) is 21.7 Å². The molecule has 4 heteroatoms. The van der Waals surface area contributed by atoms with Gasteiger partial charge in [0.25, 0.3) is 0 Å². The van der Waals surface area contributed by atoms with Crippen molar-refractivity contribution in [3.05, 3.63) is 0 Å². The average molecular weight is 292 g/mol. The first-order valence-corrected chi connectivity index (χ1v) is 9.13. The number of rotatable bonds is 2. The molecule has 21 heavy (non-hydrogen) atoms. The largest absolute Gasteiger partial charge is 0.329 e. The molecular formula is C17H32N4. The van der Waals surface area contributed by atoms with E-state index in [0.29, 0.717) is 5.54 Å². The second-order valence-electron chi connectivity index (χ2n) is 8.02. The van der Waals surface area contributed by atoms with Gasteiger partial charge in [0.15, 0.2) is 0 Å². The van der Waals surface area contributed by atoms with E-state index in [1.165, 1.54) is 71.1 Å². The lowest BCUT2D eigenvalue weighted by Gasteiger charge is -2.55. The molecule has 0 aromatic heterocycles. The minimum Gasteiger partial charge on any atom is -0.329 e. The highest BCUT2D eigenvalue weighted by Gasteiger charge is 2.50. The fraction of sp³-hybridized carbons (Fsp3) is 1.00. The molecule has 0 spiro atoms. The first-order valence-electron chi connectivity index (χ1n) is 9.13. The summed E-state index contributed by atoms with van der Waals surface area (Å²) in [6.07, 6.45) is 9.65. The van der Waals surface area contributed by atoms with Gasteiger partial charge >= 0.3 is 0 Å². The third-order valence-corrected chi connectivity index (χ3v) is 7.10. The lowest BCUT2D eigenvalue weighted by Crippen LogP contribution is -2.67. The Hall–Kier alpha value is -0.160. The lowest BCUT2D eigenvalue weighted by atomic mass is 9.80. The van der Waals surface area contributed by atoms with Crippen molar-refractivity contribution in [3.8, 4) is 0 Å². The summed E-state index contributed by atoms with van der Waals surface area (Å²) in [7, 11) is 2.34. The highest BCUT2D eigenvalue weighted by atomic mass is 15.3. The highest BCUT2D eigenvalue weighted by molar-refractivity contribution is 5.08. The first-order chi connectivity index (χ1) is 10.2. The normalized spacial score (nSPS) is 45.7. The van der Waals surface area contributed by atoms with Gasteiger partial charge in [-0.2, -0.15) is 0 Å². The monoisotopic (exact) mass is 292 g/mol. The van der Waals surface area contributed by atoms with Crippen molar-refractivity contribution in [1.29, 1.82) is 0 Å². The average Bonchev–Trinajstić information content (AvgIpc) is 2.76. The number of piperidine rings is 2. The van der Waals surface area contributed by atoms with E-state index in [-0.39, 0.29) is 0 Å². The molecule has 4 nitrogen and oxygen atoms in total. The highest BCUT2D eigenvalue weighted by Crippen LogP contribution is 2.43. The van der Waals surface area contributed by atoms with Crippen LogP contribution in [0.3, 0.4) is 0 Å². The number of hydrogen-bond acceptors (Lipinski definition) is 4. The molecule has 3 atom stereocenters. The lowest BCUT2D eigenvalue weighted by molar-refractivity contribution is -0.0502. The minimum atomic E-state index is 0.307. The van der Waals surface area contributed by atoms with Gasteiger partial charge in [-0.05, 0) is 52.1 Å². The van der Waals surface area contributed by atoms with Gasteiger partial charge in [0.05, 0.1) is 0 Å². The molecule has 4 aliphatic heterocycles. The fourth-order valence-corrected chi connectivity index (χ4v) is 5.68. The number of piperazine rings is 1. The van der Waals surface area contributed by atoms with Crippen molar-refractivity contribution in [3.63, 3.8) is 0 Å². The predicted molar refractivity (Wildman–Crippen MR) is 86.4 cm³/mol. The van der Waals surface area contributed by atoms with Crippen molar-refractivity contribution in [2.75, 3.05) is 39.8 Å².